The molecular formula is C30H25F3N6O2. The molecule has 4 N–H and O–H groups in total. The molecule has 1 aliphatic rings. The van der Waals surface area contributed by atoms with Gasteiger partial charge in [-0.1, -0.05) is 30.0 Å². The molecule has 4 aromatic rings. The molecule has 0 saturated carbocycles. The van der Waals surface area contributed by atoms with Gasteiger partial charge in [-0.25, -0.2) is 9.97 Å². The van der Waals surface area contributed by atoms with Crippen molar-refractivity contribution in [3.8, 4) is 23.2 Å². The van der Waals surface area contributed by atoms with Gasteiger partial charge in [0.15, 0.2) is 0 Å². The van der Waals surface area contributed by atoms with Gasteiger partial charge in [-0.05, 0) is 48.4 Å². The molecule has 0 atom stereocenters. The van der Waals surface area contributed by atoms with E-state index in [2.05, 4.69) is 32.4 Å². The van der Waals surface area contributed by atoms with Crippen molar-refractivity contribution in [1.29, 1.82) is 0 Å². The van der Waals surface area contributed by atoms with E-state index in [0.717, 1.165) is 17.8 Å². The van der Waals surface area contributed by atoms with Crippen LogP contribution >= 0.6 is 0 Å². The number of anilines is 2. The maximum Gasteiger partial charge on any atom is 0.416 e. The van der Waals surface area contributed by atoms with Gasteiger partial charge in [-0.3, -0.25) is 9.59 Å². The van der Waals surface area contributed by atoms with Gasteiger partial charge in [0.25, 0.3) is 5.91 Å². The highest BCUT2D eigenvalue weighted by Crippen LogP contribution is 2.30. The summed E-state index contributed by atoms with van der Waals surface area (Å²) in [4.78, 5) is 33.3. The highest BCUT2D eigenvalue weighted by atomic mass is 19.4. The Morgan fingerprint density at radius 1 is 1.15 bits per heavy atom. The predicted molar refractivity (Wildman–Crippen MR) is 148 cm³/mol. The number of hydrogen-bond donors (Lipinski definition) is 3. The Labute approximate surface area is 233 Å². The van der Waals surface area contributed by atoms with Crippen molar-refractivity contribution in [2.45, 2.75) is 25.4 Å². The van der Waals surface area contributed by atoms with E-state index in [1.165, 1.54) is 18.3 Å². The molecule has 0 radical (unpaired) electrons. The second kappa shape index (κ2) is 11.2. The first-order valence-electron chi connectivity index (χ1n) is 12.8. The molecule has 41 heavy (non-hydrogen) atoms. The fourth-order valence-electron chi connectivity index (χ4n) is 4.60. The lowest BCUT2D eigenvalue weighted by atomic mass is 10.1. The number of benzene rings is 2. The lowest BCUT2D eigenvalue weighted by Gasteiger charge is -2.14. The van der Waals surface area contributed by atoms with Gasteiger partial charge >= 0.3 is 6.18 Å². The molecular weight excluding hydrogens is 533 g/mol. The van der Waals surface area contributed by atoms with E-state index in [9.17, 15) is 22.8 Å². The van der Waals surface area contributed by atoms with E-state index in [-0.39, 0.29) is 24.2 Å². The average Bonchev–Trinajstić information content (AvgIpc) is 3.28. The summed E-state index contributed by atoms with van der Waals surface area (Å²) in [6, 6.07) is 13.5. The number of nitrogen functional groups attached to an aromatic ring is 1. The zero-order chi connectivity index (χ0) is 29.1. The molecule has 0 saturated heterocycles. The van der Waals surface area contributed by atoms with E-state index < -0.39 is 11.7 Å². The number of aromatic nitrogens is 3. The fourth-order valence-corrected chi connectivity index (χ4v) is 4.60. The average molecular weight is 559 g/mol. The minimum absolute atomic E-state index is 0.0789. The first-order valence-corrected chi connectivity index (χ1v) is 12.8. The van der Waals surface area contributed by atoms with Crippen LogP contribution in [0.15, 0.2) is 60.8 Å². The third-order valence-electron chi connectivity index (χ3n) is 6.71. The number of nitrogens with two attached hydrogens (primary N) is 1. The third-order valence-corrected chi connectivity index (χ3v) is 6.71. The van der Waals surface area contributed by atoms with Crippen molar-refractivity contribution in [2.75, 3.05) is 17.6 Å². The van der Waals surface area contributed by atoms with Crippen LogP contribution in [-0.2, 0) is 30.9 Å². The zero-order valence-electron chi connectivity index (χ0n) is 22.0. The summed E-state index contributed by atoms with van der Waals surface area (Å²) in [6.07, 6.45) is -1.77. The Hall–Kier alpha value is -5.11. The zero-order valence-corrected chi connectivity index (χ0v) is 22.0. The van der Waals surface area contributed by atoms with Crippen LogP contribution in [0.1, 0.15) is 44.7 Å². The minimum Gasteiger partial charge on any atom is -0.368 e. The number of nitrogens with zero attached hydrogens (tertiary/aromatic N) is 3. The summed E-state index contributed by atoms with van der Waals surface area (Å²) in [6.45, 7) is 0.559. The van der Waals surface area contributed by atoms with Gasteiger partial charge in [0, 0.05) is 49.6 Å². The van der Waals surface area contributed by atoms with Crippen LogP contribution in [0.3, 0.4) is 0 Å². The second-order valence-corrected chi connectivity index (χ2v) is 9.52. The fraction of sp³-hybridized carbons (Fsp3) is 0.200. The van der Waals surface area contributed by atoms with Crippen molar-refractivity contribution >= 4 is 23.5 Å². The number of fused-ring (bicyclic) bond motifs is 1. The molecule has 8 nitrogen and oxygen atoms in total. The Morgan fingerprint density at radius 2 is 1.93 bits per heavy atom. The number of alkyl halides is 3. The summed E-state index contributed by atoms with van der Waals surface area (Å²) in [5.41, 5.74) is 10.1. The molecule has 11 heteroatoms. The van der Waals surface area contributed by atoms with Gasteiger partial charge in [-0.15, -0.1) is 0 Å². The number of carbonyl (C=O) groups excluding carboxylic acids is 2. The third kappa shape index (κ3) is 6.22. The maximum absolute atomic E-state index is 12.7. The molecule has 0 bridgehead atoms. The minimum atomic E-state index is -4.40. The van der Waals surface area contributed by atoms with Crippen LogP contribution in [-0.4, -0.2) is 32.9 Å². The van der Waals surface area contributed by atoms with Crippen molar-refractivity contribution < 1.29 is 22.8 Å². The molecule has 208 valence electrons. The normalized spacial score (nSPS) is 12.6. The van der Waals surface area contributed by atoms with Crippen LogP contribution in [0.5, 0.6) is 0 Å². The molecule has 0 spiro atoms. The van der Waals surface area contributed by atoms with E-state index >= 15 is 0 Å². The lowest BCUT2D eigenvalue weighted by molar-refractivity contribution is -0.137. The highest BCUT2D eigenvalue weighted by molar-refractivity contribution is 5.98. The first kappa shape index (κ1) is 27.5. The Kier molecular flexibility index (Phi) is 7.48. The number of rotatable bonds is 5. The second-order valence-electron chi connectivity index (χ2n) is 9.52. The number of aryl methyl sites for hydroxylation is 1. The number of halogens is 3. The van der Waals surface area contributed by atoms with Crippen molar-refractivity contribution in [1.82, 2.24) is 19.9 Å². The topological polar surface area (TPSA) is 115 Å². The number of carbonyl (C=O) groups is 2. The number of amides is 2. The van der Waals surface area contributed by atoms with Gasteiger partial charge in [0.1, 0.15) is 5.69 Å². The van der Waals surface area contributed by atoms with Crippen LogP contribution < -0.4 is 16.4 Å². The molecule has 2 aromatic heterocycles. The van der Waals surface area contributed by atoms with Gasteiger partial charge in [0.05, 0.1) is 22.4 Å². The largest absolute Gasteiger partial charge is 0.416 e. The molecule has 3 heterocycles. The van der Waals surface area contributed by atoms with E-state index in [0.29, 0.717) is 58.7 Å². The number of nitrogens with one attached hydrogen (secondary N) is 2. The Morgan fingerprint density at radius 3 is 2.66 bits per heavy atom. The molecule has 0 aliphatic carbocycles. The van der Waals surface area contributed by atoms with Crippen LogP contribution in [0.4, 0.5) is 24.8 Å². The quantitative estimate of drug-likeness (QED) is 0.316. The van der Waals surface area contributed by atoms with Crippen LogP contribution in [0, 0.1) is 11.8 Å². The van der Waals surface area contributed by atoms with Gasteiger partial charge < -0.3 is 20.9 Å². The molecule has 5 rings (SSSR count). The summed E-state index contributed by atoms with van der Waals surface area (Å²) in [5.74, 6) is 5.81. The monoisotopic (exact) mass is 558 g/mol. The summed E-state index contributed by atoms with van der Waals surface area (Å²) in [7, 11) is 1.87. The summed E-state index contributed by atoms with van der Waals surface area (Å²) >= 11 is 0. The summed E-state index contributed by atoms with van der Waals surface area (Å²) in [5, 5.41) is 5.64. The molecule has 1 aliphatic heterocycles. The van der Waals surface area contributed by atoms with Crippen LogP contribution in [0.2, 0.25) is 0 Å². The maximum atomic E-state index is 12.7. The first-order chi connectivity index (χ1) is 19.6. The van der Waals surface area contributed by atoms with Crippen molar-refractivity contribution in [3.05, 3.63) is 94.3 Å². The van der Waals surface area contributed by atoms with E-state index in [1.54, 1.807) is 30.3 Å². The lowest BCUT2D eigenvalue weighted by Crippen LogP contribution is -2.31. The predicted octanol–water partition coefficient (Wildman–Crippen LogP) is 4.34. The van der Waals surface area contributed by atoms with Crippen LogP contribution in [0.25, 0.3) is 11.4 Å². The van der Waals surface area contributed by atoms with Gasteiger partial charge in [0.2, 0.25) is 11.9 Å². The smallest absolute Gasteiger partial charge is 0.368 e. The summed E-state index contributed by atoms with van der Waals surface area (Å²) < 4.78 is 40.2. The highest BCUT2D eigenvalue weighted by Gasteiger charge is 2.30. The van der Waals surface area contributed by atoms with E-state index in [4.69, 9.17) is 5.73 Å². The standard InChI is InChI=1S/C30H25F3N6O2/c1-39-24-13-14-35-28(41)23(24)16-25(39)27-20(17-36-29(34)38-27)9-5-19-3-2-4-22(15-19)37-26(40)12-8-18-6-10-21(11-7-18)30(31,32)33/h2-4,6-7,10-11,15-17H,8,12-14H2,1H3,(H,35,41)(H,37,40)(H2,34,36,38). The Bertz CT molecular complexity index is 1700. The molecule has 2 amide bonds. The van der Waals surface area contributed by atoms with Gasteiger partial charge in [-0.2, -0.15) is 13.2 Å². The van der Waals surface area contributed by atoms with Crippen molar-refractivity contribution in [2.24, 2.45) is 7.05 Å². The number of hydrogen-bond acceptors (Lipinski definition) is 5. The van der Waals surface area contributed by atoms with E-state index in [1.807, 2.05) is 11.6 Å². The Balaban J connectivity index is 1.30. The SMILES string of the molecule is Cn1c(-c2nc(N)ncc2C#Cc2cccc(NC(=O)CCc3ccc(C(F)(F)F)cc3)c2)cc2c1CCNC2=O. The molecule has 0 fully saturated rings. The molecule has 0 unspecified atom stereocenters. The molecule has 2 aromatic carbocycles. The van der Waals surface area contributed by atoms with Crippen molar-refractivity contribution in [3.63, 3.8) is 0 Å².